The Hall–Kier alpha value is -1.32. The van der Waals surface area contributed by atoms with Gasteiger partial charge in [-0.1, -0.05) is 19.0 Å². The number of carbonyl (C=O) groups is 1. The van der Waals surface area contributed by atoms with Gasteiger partial charge >= 0.3 is 5.97 Å². The van der Waals surface area contributed by atoms with Gasteiger partial charge < -0.3 is 9.26 Å². The van der Waals surface area contributed by atoms with Crippen molar-refractivity contribution in [3.63, 3.8) is 0 Å². The van der Waals surface area contributed by atoms with Gasteiger partial charge in [0.25, 0.3) is 0 Å². The van der Waals surface area contributed by atoms with Crippen molar-refractivity contribution in [1.29, 1.82) is 0 Å². The van der Waals surface area contributed by atoms with Crippen LogP contribution in [0.15, 0.2) is 10.8 Å². The van der Waals surface area contributed by atoms with E-state index in [9.17, 15) is 4.79 Å². The first kappa shape index (κ1) is 9.77. The minimum absolute atomic E-state index is 0.214. The highest BCUT2D eigenvalue weighted by atomic mass is 16.5. The molecule has 0 saturated carbocycles. The second-order valence-electron chi connectivity index (χ2n) is 2.99. The summed E-state index contributed by atoms with van der Waals surface area (Å²) in [5.74, 6) is -0.203. The predicted molar refractivity (Wildman–Crippen MR) is 46.5 cm³/mol. The lowest BCUT2D eigenvalue weighted by Gasteiger charge is -2.02. The van der Waals surface area contributed by atoms with Gasteiger partial charge in [0, 0.05) is 5.56 Å². The van der Waals surface area contributed by atoms with Crippen molar-refractivity contribution in [3.05, 3.63) is 17.5 Å². The molecule has 0 atom stereocenters. The van der Waals surface area contributed by atoms with E-state index in [0.29, 0.717) is 6.61 Å². The molecular formula is C9H13NO3. The normalized spacial score (nSPS) is 10.5. The van der Waals surface area contributed by atoms with Crippen LogP contribution in [-0.2, 0) is 4.74 Å². The van der Waals surface area contributed by atoms with E-state index in [4.69, 9.17) is 9.26 Å². The van der Waals surface area contributed by atoms with Crippen LogP contribution >= 0.6 is 0 Å². The Kier molecular flexibility index (Phi) is 3.06. The fourth-order valence-electron chi connectivity index (χ4n) is 1.01. The Labute approximate surface area is 76.9 Å². The van der Waals surface area contributed by atoms with E-state index in [1.54, 1.807) is 6.92 Å². The van der Waals surface area contributed by atoms with Crippen LogP contribution in [0.3, 0.4) is 0 Å². The van der Waals surface area contributed by atoms with Crippen LogP contribution in [0.25, 0.3) is 0 Å². The molecule has 72 valence electrons. The summed E-state index contributed by atoms with van der Waals surface area (Å²) in [7, 11) is 0. The van der Waals surface area contributed by atoms with Crippen molar-refractivity contribution in [3.8, 4) is 0 Å². The number of rotatable bonds is 3. The zero-order chi connectivity index (χ0) is 9.84. The fraction of sp³-hybridized carbons (Fsp3) is 0.556. The van der Waals surface area contributed by atoms with Gasteiger partial charge in [-0.15, -0.1) is 0 Å². The van der Waals surface area contributed by atoms with Crippen molar-refractivity contribution in [2.75, 3.05) is 6.61 Å². The number of hydrogen-bond donors (Lipinski definition) is 0. The van der Waals surface area contributed by atoms with Gasteiger partial charge in [-0.25, -0.2) is 4.79 Å². The van der Waals surface area contributed by atoms with Gasteiger partial charge in [0.2, 0.25) is 0 Å². The van der Waals surface area contributed by atoms with Gasteiger partial charge in [0.15, 0.2) is 5.69 Å². The monoisotopic (exact) mass is 183 g/mol. The summed E-state index contributed by atoms with van der Waals surface area (Å²) in [5.41, 5.74) is 1.08. The molecule has 0 spiro atoms. The maximum atomic E-state index is 11.3. The first-order valence-electron chi connectivity index (χ1n) is 4.28. The van der Waals surface area contributed by atoms with Crippen LogP contribution in [0.5, 0.6) is 0 Å². The van der Waals surface area contributed by atoms with E-state index >= 15 is 0 Å². The highest BCUT2D eigenvalue weighted by Gasteiger charge is 2.19. The van der Waals surface area contributed by atoms with Crippen molar-refractivity contribution < 1.29 is 14.1 Å². The average molecular weight is 183 g/mol. The molecule has 0 radical (unpaired) electrons. The summed E-state index contributed by atoms with van der Waals surface area (Å²) < 4.78 is 9.54. The number of esters is 1. The molecule has 0 bridgehead atoms. The smallest absolute Gasteiger partial charge is 0.360 e. The van der Waals surface area contributed by atoms with E-state index in [-0.39, 0.29) is 11.6 Å². The van der Waals surface area contributed by atoms with Crippen LogP contribution < -0.4 is 0 Å². The van der Waals surface area contributed by atoms with Crippen LogP contribution in [0.4, 0.5) is 0 Å². The molecule has 1 aromatic heterocycles. The third-order valence-electron chi connectivity index (χ3n) is 1.69. The highest BCUT2D eigenvalue weighted by Crippen LogP contribution is 2.18. The van der Waals surface area contributed by atoms with Crippen molar-refractivity contribution in [1.82, 2.24) is 5.16 Å². The van der Waals surface area contributed by atoms with Crippen LogP contribution in [0.2, 0.25) is 0 Å². The zero-order valence-corrected chi connectivity index (χ0v) is 8.03. The Morgan fingerprint density at radius 3 is 2.92 bits per heavy atom. The van der Waals surface area contributed by atoms with Crippen LogP contribution in [0.1, 0.15) is 42.7 Å². The zero-order valence-electron chi connectivity index (χ0n) is 8.03. The number of ether oxygens (including phenoxy) is 1. The van der Waals surface area contributed by atoms with Gasteiger partial charge in [-0.2, -0.15) is 0 Å². The Morgan fingerprint density at radius 2 is 2.38 bits per heavy atom. The van der Waals surface area contributed by atoms with E-state index in [2.05, 4.69) is 5.16 Å². The number of carbonyl (C=O) groups excluding carboxylic acids is 1. The summed E-state index contributed by atoms with van der Waals surface area (Å²) in [6.07, 6.45) is 1.48. The molecule has 1 aromatic rings. The molecule has 0 unspecified atom stereocenters. The maximum absolute atomic E-state index is 11.3. The van der Waals surface area contributed by atoms with Gasteiger partial charge in [0.1, 0.15) is 6.26 Å². The summed E-state index contributed by atoms with van der Waals surface area (Å²) >= 11 is 0. The quantitative estimate of drug-likeness (QED) is 0.672. The van der Waals surface area contributed by atoms with E-state index in [1.807, 2.05) is 13.8 Å². The molecular weight excluding hydrogens is 170 g/mol. The lowest BCUT2D eigenvalue weighted by molar-refractivity contribution is 0.0513. The van der Waals surface area contributed by atoms with Gasteiger partial charge in [-0.3, -0.25) is 0 Å². The molecule has 0 aliphatic carbocycles. The molecule has 13 heavy (non-hydrogen) atoms. The molecule has 0 N–H and O–H groups in total. The maximum Gasteiger partial charge on any atom is 0.360 e. The number of hydrogen-bond acceptors (Lipinski definition) is 4. The van der Waals surface area contributed by atoms with Crippen molar-refractivity contribution >= 4 is 5.97 Å². The second-order valence-corrected chi connectivity index (χ2v) is 2.99. The minimum atomic E-state index is -0.417. The topological polar surface area (TPSA) is 52.3 Å². The number of aromatic nitrogens is 1. The average Bonchev–Trinajstić information content (AvgIpc) is 2.52. The third-order valence-corrected chi connectivity index (χ3v) is 1.69. The standard InChI is InChI=1S/C9H13NO3/c1-4-12-9(11)8-7(6(2)3)5-13-10-8/h5-6H,4H2,1-3H3. The second kappa shape index (κ2) is 4.07. The van der Waals surface area contributed by atoms with Crippen LogP contribution in [-0.4, -0.2) is 17.7 Å². The lowest BCUT2D eigenvalue weighted by atomic mass is 10.0. The fourth-order valence-corrected chi connectivity index (χ4v) is 1.01. The van der Waals surface area contributed by atoms with E-state index in [0.717, 1.165) is 5.56 Å². The molecule has 1 heterocycles. The molecule has 0 aliphatic rings. The van der Waals surface area contributed by atoms with Gasteiger partial charge in [0.05, 0.1) is 6.61 Å². The SMILES string of the molecule is CCOC(=O)c1nocc1C(C)C. The minimum Gasteiger partial charge on any atom is -0.461 e. The first-order chi connectivity index (χ1) is 6.16. The largest absolute Gasteiger partial charge is 0.461 e. The predicted octanol–water partition coefficient (Wildman–Crippen LogP) is 1.97. The molecule has 0 aliphatic heterocycles. The molecule has 0 aromatic carbocycles. The van der Waals surface area contributed by atoms with Crippen molar-refractivity contribution in [2.24, 2.45) is 0 Å². The molecule has 4 nitrogen and oxygen atoms in total. The lowest BCUT2D eigenvalue weighted by Crippen LogP contribution is -2.08. The Balaban J connectivity index is 2.87. The third kappa shape index (κ3) is 2.08. The molecule has 0 amide bonds. The molecule has 0 saturated heterocycles. The Bertz CT molecular complexity index is 291. The summed E-state index contributed by atoms with van der Waals surface area (Å²) in [6, 6.07) is 0. The summed E-state index contributed by atoms with van der Waals surface area (Å²) in [4.78, 5) is 11.3. The summed E-state index contributed by atoms with van der Waals surface area (Å²) in [6.45, 7) is 6.04. The molecule has 1 rings (SSSR count). The Morgan fingerprint density at radius 1 is 1.69 bits per heavy atom. The number of nitrogens with zero attached hydrogens (tertiary/aromatic N) is 1. The van der Waals surface area contributed by atoms with E-state index in [1.165, 1.54) is 6.26 Å². The van der Waals surface area contributed by atoms with Crippen LogP contribution in [0, 0.1) is 0 Å². The summed E-state index contributed by atoms with van der Waals surface area (Å²) in [5, 5.41) is 3.61. The van der Waals surface area contributed by atoms with E-state index < -0.39 is 5.97 Å². The highest BCUT2D eigenvalue weighted by molar-refractivity contribution is 5.88. The van der Waals surface area contributed by atoms with Gasteiger partial charge in [-0.05, 0) is 12.8 Å². The van der Waals surface area contributed by atoms with Crippen molar-refractivity contribution in [2.45, 2.75) is 26.7 Å². The molecule has 4 heteroatoms. The molecule has 0 fully saturated rings. The first-order valence-corrected chi connectivity index (χ1v) is 4.28.